The highest BCUT2D eigenvalue weighted by Crippen LogP contribution is 2.32. The van der Waals surface area contributed by atoms with Gasteiger partial charge in [0.15, 0.2) is 11.5 Å². The predicted molar refractivity (Wildman–Crippen MR) is 145 cm³/mol. The van der Waals surface area contributed by atoms with E-state index in [1.165, 1.54) is 25.2 Å². The van der Waals surface area contributed by atoms with E-state index in [4.69, 9.17) is 9.47 Å². The van der Waals surface area contributed by atoms with E-state index in [2.05, 4.69) is 5.32 Å². The van der Waals surface area contributed by atoms with Crippen molar-refractivity contribution in [2.45, 2.75) is 52.6 Å². The van der Waals surface area contributed by atoms with Gasteiger partial charge in [-0.15, -0.1) is 0 Å². The van der Waals surface area contributed by atoms with Gasteiger partial charge in [-0.05, 0) is 37.5 Å². The van der Waals surface area contributed by atoms with Crippen LogP contribution in [0.4, 0.5) is 5.69 Å². The van der Waals surface area contributed by atoms with Gasteiger partial charge in [-0.1, -0.05) is 50.1 Å². The van der Waals surface area contributed by atoms with Gasteiger partial charge in [-0.3, -0.25) is 13.9 Å². The molecule has 0 saturated heterocycles. The third-order valence-electron chi connectivity index (χ3n) is 5.99. The van der Waals surface area contributed by atoms with Crippen molar-refractivity contribution >= 4 is 27.5 Å². The molecule has 0 spiro atoms. The highest BCUT2D eigenvalue weighted by atomic mass is 32.2. The topological polar surface area (TPSA) is 105 Å². The smallest absolute Gasteiger partial charge is 0.244 e. The Morgan fingerprint density at radius 2 is 1.73 bits per heavy atom. The summed E-state index contributed by atoms with van der Waals surface area (Å²) in [6, 6.07) is 11.6. The van der Waals surface area contributed by atoms with E-state index >= 15 is 0 Å². The second-order valence-electron chi connectivity index (χ2n) is 8.89. The third-order valence-corrected chi connectivity index (χ3v) is 7.13. The molecule has 9 nitrogen and oxygen atoms in total. The number of rotatable bonds is 14. The Kier molecular flexibility index (Phi) is 11.2. The number of hydrogen-bond donors (Lipinski definition) is 1. The van der Waals surface area contributed by atoms with Gasteiger partial charge in [-0.2, -0.15) is 0 Å². The van der Waals surface area contributed by atoms with Crippen molar-refractivity contribution in [1.29, 1.82) is 0 Å². The summed E-state index contributed by atoms with van der Waals surface area (Å²) in [5.74, 6) is 0.0227. The van der Waals surface area contributed by atoms with Crippen molar-refractivity contribution < 1.29 is 27.5 Å². The third kappa shape index (κ3) is 8.38. The molecule has 0 saturated carbocycles. The zero-order chi connectivity index (χ0) is 27.6. The second kappa shape index (κ2) is 13.9. The number of hydrogen-bond acceptors (Lipinski definition) is 6. The van der Waals surface area contributed by atoms with Crippen LogP contribution >= 0.6 is 0 Å². The molecule has 1 N–H and O–H groups in total. The first-order valence-corrected chi connectivity index (χ1v) is 14.2. The lowest BCUT2D eigenvalue weighted by Crippen LogP contribution is -2.52. The van der Waals surface area contributed by atoms with Crippen LogP contribution in [0.1, 0.15) is 44.2 Å². The molecule has 0 fully saturated rings. The van der Waals surface area contributed by atoms with Gasteiger partial charge in [0.05, 0.1) is 26.2 Å². The Bertz CT molecular complexity index is 1170. The van der Waals surface area contributed by atoms with Gasteiger partial charge < -0.3 is 19.7 Å². The van der Waals surface area contributed by atoms with Crippen LogP contribution in [0.25, 0.3) is 0 Å². The van der Waals surface area contributed by atoms with Gasteiger partial charge in [0, 0.05) is 19.2 Å². The fourth-order valence-electron chi connectivity index (χ4n) is 4.03. The number of amides is 2. The van der Waals surface area contributed by atoms with Crippen LogP contribution in [-0.4, -0.2) is 64.7 Å². The summed E-state index contributed by atoms with van der Waals surface area (Å²) < 4.78 is 37.2. The fourth-order valence-corrected chi connectivity index (χ4v) is 4.87. The minimum absolute atomic E-state index is 0.170. The summed E-state index contributed by atoms with van der Waals surface area (Å²) in [6.07, 6.45) is 3.17. The number of carbonyl (C=O) groups excluding carboxylic acids is 2. The summed E-state index contributed by atoms with van der Waals surface area (Å²) >= 11 is 0. The number of nitrogens with one attached hydrogen (secondary N) is 1. The maximum Gasteiger partial charge on any atom is 0.244 e. The molecule has 0 unspecified atom stereocenters. The number of methoxy groups -OCH3 is 2. The van der Waals surface area contributed by atoms with E-state index in [0.717, 1.165) is 34.5 Å². The Morgan fingerprint density at radius 3 is 2.30 bits per heavy atom. The maximum atomic E-state index is 13.8. The van der Waals surface area contributed by atoms with Crippen LogP contribution in [0.3, 0.4) is 0 Å². The lowest BCUT2D eigenvalue weighted by Gasteiger charge is -2.33. The second-order valence-corrected chi connectivity index (χ2v) is 10.8. The van der Waals surface area contributed by atoms with Crippen LogP contribution < -0.4 is 19.1 Å². The molecule has 0 heterocycles. The highest BCUT2D eigenvalue weighted by molar-refractivity contribution is 7.92. The standard InChI is InChI=1S/C27H39N3O6S/c1-7-9-15-28-27(32)23(8-2)29(18-21-12-10-11-20(3)16-21)26(31)19-30(37(6,33)34)22-13-14-24(35-4)25(17-22)36-5/h10-14,16-17,23H,7-9,15,18-19H2,1-6H3,(H,28,32)/t23-/m0/s1. The number of sulfonamides is 1. The Morgan fingerprint density at radius 1 is 1.03 bits per heavy atom. The van der Waals surface area contributed by atoms with Crippen molar-refractivity contribution in [3.8, 4) is 11.5 Å². The van der Waals surface area contributed by atoms with Crippen molar-refractivity contribution in [1.82, 2.24) is 10.2 Å². The molecule has 2 aromatic rings. The molecule has 2 rings (SSSR count). The van der Waals surface area contributed by atoms with Gasteiger partial charge in [0.1, 0.15) is 12.6 Å². The molecular formula is C27H39N3O6S. The summed E-state index contributed by atoms with van der Waals surface area (Å²) in [7, 11) is -0.922. The van der Waals surface area contributed by atoms with Crippen molar-refractivity contribution in [2.24, 2.45) is 0 Å². The number of unbranched alkanes of at least 4 members (excludes halogenated alkanes) is 1. The van der Waals surface area contributed by atoms with Crippen LogP contribution in [0.2, 0.25) is 0 Å². The van der Waals surface area contributed by atoms with Crippen molar-refractivity contribution in [3.63, 3.8) is 0 Å². The molecule has 0 aromatic heterocycles. The normalized spacial score (nSPS) is 11.9. The summed E-state index contributed by atoms with van der Waals surface area (Å²) in [5, 5.41) is 2.91. The minimum atomic E-state index is -3.85. The molecule has 0 bridgehead atoms. The molecule has 37 heavy (non-hydrogen) atoms. The first-order valence-electron chi connectivity index (χ1n) is 12.4. The lowest BCUT2D eigenvalue weighted by atomic mass is 10.1. The quantitative estimate of drug-likeness (QED) is 0.373. The highest BCUT2D eigenvalue weighted by Gasteiger charge is 2.32. The Hall–Kier alpha value is -3.27. The van der Waals surface area contributed by atoms with E-state index in [1.54, 1.807) is 12.1 Å². The van der Waals surface area contributed by atoms with Gasteiger partial charge in [-0.25, -0.2) is 8.42 Å². The Balaban J connectivity index is 2.45. The minimum Gasteiger partial charge on any atom is -0.493 e. The van der Waals surface area contributed by atoms with Crippen LogP contribution in [0.15, 0.2) is 42.5 Å². The number of benzene rings is 2. The molecule has 204 valence electrons. The fraction of sp³-hybridized carbons (Fsp3) is 0.481. The molecule has 10 heteroatoms. The van der Waals surface area contributed by atoms with Crippen molar-refractivity contribution in [3.05, 3.63) is 53.6 Å². The molecule has 2 aromatic carbocycles. The molecule has 1 atom stereocenters. The number of anilines is 1. The van der Waals surface area contributed by atoms with Gasteiger partial charge in [0.2, 0.25) is 21.8 Å². The van der Waals surface area contributed by atoms with Crippen LogP contribution in [0, 0.1) is 6.92 Å². The first-order chi connectivity index (χ1) is 17.5. The summed E-state index contributed by atoms with van der Waals surface area (Å²) in [4.78, 5) is 28.3. The predicted octanol–water partition coefficient (Wildman–Crippen LogP) is 3.50. The molecule has 0 aliphatic rings. The molecule has 0 radical (unpaired) electrons. The largest absolute Gasteiger partial charge is 0.493 e. The maximum absolute atomic E-state index is 13.8. The summed E-state index contributed by atoms with van der Waals surface area (Å²) in [6.45, 7) is 6.03. The number of aryl methyl sites for hydroxylation is 1. The van der Waals surface area contributed by atoms with E-state index in [9.17, 15) is 18.0 Å². The summed E-state index contributed by atoms with van der Waals surface area (Å²) in [5.41, 5.74) is 2.13. The van der Waals surface area contributed by atoms with E-state index in [0.29, 0.717) is 24.5 Å². The zero-order valence-corrected chi connectivity index (χ0v) is 23.4. The molecule has 2 amide bonds. The average molecular weight is 534 g/mol. The number of carbonyl (C=O) groups is 2. The molecule has 0 aliphatic heterocycles. The van der Waals surface area contributed by atoms with Crippen LogP contribution in [0.5, 0.6) is 11.5 Å². The SMILES string of the molecule is CCCCNC(=O)[C@H](CC)N(Cc1cccc(C)c1)C(=O)CN(c1ccc(OC)c(OC)c1)S(C)(=O)=O. The zero-order valence-electron chi connectivity index (χ0n) is 22.6. The Labute approximate surface area is 220 Å². The van der Waals surface area contributed by atoms with Gasteiger partial charge >= 0.3 is 0 Å². The molecule has 0 aliphatic carbocycles. The number of ether oxygens (including phenoxy) is 2. The van der Waals surface area contributed by atoms with Crippen LogP contribution in [-0.2, 0) is 26.2 Å². The van der Waals surface area contributed by atoms with E-state index in [-0.39, 0.29) is 18.1 Å². The average Bonchev–Trinajstić information content (AvgIpc) is 2.86. The van der Waals surface area contributed by atoms with E-state index in [1.807, 2.05) is 45.0 Å². The first kappa shape index (κ1) is 30.0. The van der Waals surface area contributed by atoms with E-state index < -0.39 is 28.5 Å². The lowest BCUT2D eigenvalue weighted by molar-refractivity contribution is -0.140. The monoisotopic (exact) mass is 533 g/mol. The molecular weight excluding hydrogens is 494 g/mol. The van der Waals surface area contributed by atoms with Crippen molar-refractivity contribution in [2.75, 3.05) is 37.9 Å². The number of nitrogens with zero attached hydrogens (tertiary/aromatic N) is 2. The van der Waals surface area contributed by atoms with Gasteiger partial charge in [0.25, 0.3) is 0 Å².